The number of imidazole rings is 1. The Morgan fingerprint density at radius 2 is 1.71 bits per heavy atom. The number of halogens is 3. The van der Waals surface area contributed by atoms with Gasteiger partial charge in [0.2, 0.25) is 0 Å². The summed E-state index contributed by atoms with van der Waals surface area (Å²) in [4.78, 5) is 17.1. The number of methoxy groups -OCH3 is 2. The molecule has 0 saturated carbocycles. The number of hydrogen-bond donors (Lipinski definition) is 0. The Morgan fingerprint density at radius 3 is 2.32 bits per heavy atom. The van der Waals surface area contributed by atoms with Crippen LogP contribution in [0.4, 0.5) is 13.2 Å². The molecule has 0 amide bonds. The lowest BCUT2D eigenvalue weighted by atomic mass is 10.0. The van der Waals surface area contributed by atoms with E-state index in [1.165, 1.54) is 14.2 Å². The molecule has 0 unspecified atom stereocenters. The summed E-state index contributed by atoms with van der Waals surface area (Å²) in [7, 11) is 2.70. The second-order valence-electron chi connectivity index (χ2n) is 7.67. The molecule has 0 saturated heterocycles. The molecule has 0 aliphatic carbocycles. The highest BCUT2D eigenvalue weighted by Crippen LogP contribution is 2.37. The molecule has 0 radical (unpaired) electrons. The second-order valence-corrected chi connectivity index (χ2v) is 7.67. The molecule has 0 aliphatic rings. The maximum absolute atomic E-state index is 12.6. The molecule has 0 atom stereocenters. The van der Waals surface area contributed by atoms with Crippen LogP contribution in [0.5, 0.6) is 11.5 Å². The molecule has 0 aliphatic heterocycles. The fraction of sp³-hybridized carbons (Fsp3) is 0.250. The van der Waals surface area contributed by atoms with Crippen molar-refractivity contribution < 1.29 is 27.4 Å². The van der Waals surface area contributed by atoms with Gasteiger partial charge in [0.15, 0.2) is 5.78 Å². The van der Waals surface area contributed by atoms with Crippen molar-refractivity contribution in [1.29, 1.82) is 0 Å². The van der Waals surface area contributed by atoms with Gasteiger partial charge in [0, 0.05) is 23.7 Å². The number of carbonyl (C=O) groups is 1. The van der Waals surface area contributed by atoms with E-state index in [1.807, 2.05) is 35.7 Å². The molecule has 0 N–H and O–H groups in total. The third kappa shape index (κ3) is 4.70. The maximum atomic E-state index is 12.6. The number of alkyl halides is 3. The Bertz CT molecular complexity index is 1340. The van der Waals surface area contributed by atoms with E-state index in [1.54, 1.807) is 24.5 Å². The molecular weight excluding hydrogens is 449 g/mol. The Balaban J connectivity index is 1.74. The Kier molecular flexibility index (Phi) is 6.23. The van der Waals surface area contributed by atoms with Gasteiger partial charge in [-0.15, -0.1) is 0 Å². The molecule has 7 nitrogen and oxygen atoms in total. The zero-order chi connectivity index (χ0) is 24.5. The molecule has 3 heterocycles. The van der Waals surface area contributed by atoms with Crippen LogP contribution in [0.15, 0.2) is 48.9 Å². The van der Waals surface area contributed by atoms with Crippen molar-refractivity contribution in [2.75, 3.05) is 14.2 Å². The predicted octanol–water partition coefficient (Wildman–Crippen LogP) is 5.31. The van der Waals surface area contributed by atoms with Crippen molar-refractivity contribution >= 4 is 11.4 Å². The zero-order valence-electron chi connectivity index (χ0n) is 18.7. The molecule has 34 heavy (non-hydrogen) atoms. The molecule has 4 rings (SSSR count). The largest absolute Gasteiger partial charge is 0.496 e. The van der Waals surface area contributed by atoms with E-state index in [0.717, 1.165) is 16.8 Å². The monoisotopic (exact) mass is 470 g/mol. The van der Waals surface area contributed by atoms with Gasteiger partial charge in [0.25, 0.3) is 0 Å². The van der Waals surface area contributed by atoms with E-state index in [-0.39, 0.29) is 17.1 Å². The van der Waals surface area contributed by atoms with Crippen molar-refractivity contribution in [3.05, 3.63) is 60.2 Å². The smallest absolute Gasteiger partial charge is 0.389 e. The van der Waals surface area contributed by atoms with Crippen LogP contribution in [0.25, 0.3) is 28.0 Å². The molecule has 1 aromatic carbocycles. The minimum Gasteiger partial charge on any atom is -0.496 e. The van der Waals surface area contributed by atoms with Crippen molar-refractivity contribution in [1.82, 2.24) is 19.6 Å². The van der Waals surface area contributed by atoms with E-state index in [4.69, 9.17) is 9.47 Å². The number of pyridine rings is 1. The first-order valence-corrected chi connectivity index (χ1v) is 10.3. The number of benzene rings is 1. The zero-order valence-corrected chi connectivity index (χ0v) is 18.7. The van der Waals surface area contributed by atoms with Gasteiger partial charge in [-0.1, -0.05) is 0 Å². The van der Waals surface area contributed by atoms with Gasteiger partial charge < -0.3 is 9.47 Å². The summed E-state index contributed by atoms with van der Waals surface area (Å²) in [6, 6.07) is 8.93. The average Bonchev–Trinajstić information content (AvgIpc) is 3.24. The number of aryl methyl sites for hydroxylation is 1. The van der Waals surface area contributed by atoms with Crippen molar-refractivity contribution in [3.8, 4) is 33.9 Å². The van der Waals surface area contributed by atoms with Crippen LogP contribution in [0, 0.1) is 6.92 Å². The normalized spacial score (nSPS) is 11.6. The molecule has 4 aromatic rings. The number of Topliss-reactive ketones (excluding diaryl/α,β-unsaturated/α-hetero) is 1. The highest BCUT2D eigenvalue weighted by Gasteiger charge is 2.30. The highest BCUT2D eigenvalue weighted by molar-refractivity contribution is 6.02. The number of ketones is 1. The Hall–Kier alpha value is -3.95. The van der Waals surface area contributed by atoms with Crippen LogP contribution < -0.4 is 9.47 Å². The van der Waals surface area contributed by atoms with Crippen molar-refractivity contribution in [2.45, 2.75) is 25.9 Å². The standard InChI is InChI=1S/C24H21F3N4O3/c1-14-8-17(12-29-30-14)15-5-7-31-18(13-28-22(31)11-15)16-9-20(33-2)23(21(10-16)34-3)19(32)4-6-24(25,26)27/h5,7-13H,4,6H2,1-3H3. The van der Waals surface area contributed by atoms with E-state index < -0.39 is 24.8 Å². The molecule has 0 fully saturated rings. The number of ether oxygens (including phenoxy) is 2. The number of fused-ring (bicyclic) bond motifs is 1. The lowest BCUT2D eigenvalue weighted by molar-refractivity contribution is -0.133. The van der Waals surface area contributed by atoms with Gasteiger partial charge in [-0.2, -0.15) is 23.4 Å². The minimum absolute atomic E-state index is 0.0188. The van der Waals surface area contributed by atoms with Crippen LogP contribution in [0.3, 0.4) is 0 Å². The number of hydrogen-bond acceptors (Lipinski definition) is 6. The number of nitrogens with zero attached hydrogens (tertiary/aromatic N) is 4. The molecular formula is C24H21F3N4O3. The van der Waals surface area contributed by atoms with Crippen molar-refractivity contribution in [3.63, 3.8) is 0 Å². The number of carbonyl (C=O) groups excluding carboxylic acids is 1. The fourth-order valence-corrected chi connectivity index (χ4v) is 3.72. The third-order valence-electron chi connectivity index (χ3n) is 5.34. The van der Waals surface area contributed by atoms with Crippen LogP contribution in [-0.2, 0) is 0 Å². The van der Waals surface area contributed by atoms with Crippen molar-refractivity contribution in [2.24, 2.45) is 0 Å². The van der Waals surface area contributed by atoms with E-state index in [2.05, 4.69) is 15.2 Å². The van der Waals surface area contributed by atoms with Gasteiger partial charge in [0.05, 0.1) is 44.4 Å². The summed E-state index contributed by atoms with van der Waals surface area (Å²) < 4.78 is 50.4. The van der Waals surface area contributed by atoms with E-state index >= 15 is 0 Å². The van der Waals surface area contributed by atoms with Crippen LogP contribution in [0.1, 0.15) is 28.9 Å². The lowest BCUT2D eigenvalue weighted by Gasteiger charge is -2.15. The Labute approximate surface area is 193 Å². The van der Waals surface area contributed by atoms with E-state index in [0.29, 0.717) is 16.9 Å². The summed E-state index contributed by atoms with van der Waals surface area (Å²) in [5.41, 5.74) is 4.60. The van der Waals surface area contributed by atoms with E-state index in [9.17, 15) is 18.0 Å². The number of aromatic nitrogens is 4. The van der Waals surface area contributed by atoms with Crippen LogP contribution in [-0.4, -0.2) is 45.8 Å². The quantitative estimate of drug-likeness (QED) is 0.341. The second kappa shape index (κ2) is 9.12. The SMILES string of the molecule is COc1cc(-c2cnc3cc(-c4cnnc(C)c4)ccn23)cc(OC)c1C(=O)CCC(F)(F)F. The highest BCUT2D eigenvalue weighted by atomic mass is 19.4. The molecule has 176 valence electrons. The topological polar surface area (TPSA) is 78.6 Å². The summed E-state index contributed by atoms with van der Waals surface area (Å²) in [5.74, 6) is -0.445. The van der Waals surface area contributed by atoms with Gasteiger partial charge >= 0.3 is 6.18 Å². The number of rotatable bonds is 7. The first-order valence-electron chi connectivity index (χ1n) is 10.3. The van der Waals surface area contributed by atoms with Crippen LogP contribution >= 0.6 is 0 Å². The van der Waals surface area contributed by atoms with Gasteiger partial charge in [-0.3, -0.25) is 9.20 Å². The van der Waals surface area contributed by atoms with Gasteiger partial charge in [0.1, 0.15) is 22.7 Å². The minimum atomic E-state index is -4.43. The molecule has 10 heteroatoms. The average molecular weight is 470 g/mol. The summed E-state index contributed by atoms with van der Waals surface area (Å²) >= 11 is 0. The predicted molar refractivity (Wildman–Crippen MR) is 119 cm³/mol. The van der Waals surface area contributed by atoms with Gasteiger partial charge in [-0.25, -0.2) is 4.98 Å². The lowest BCUT2D eigenvalue weighted by Crippen LogP contribution is -2.12. The first kappa shape index (κ1) is 23.2. The molecule has 0 spiro atoms. The fourth-order valence-electron chi connectivity index (χ4n) is 3.72. The Morgan fingerprint density at radius 1 is 1.00 bits per heavy atom. The van der Waals surface area contributed by atoms with Crippen LogP contribution in [0.2, 0.25) is 0 Å². The van der Waals surface area contributed by atoms with Gasteiger partial charge in [-0.05, 0) is 42.8 Å². The molecule has 3 aromatic heterocycles. The maximum Gasteiger partial charge on any atom is 0.389 e. The summed E-state index contributed by atoms with van der Waals surface area (Å²) in [6.45, 7) is 1.86. The third-order valence-corrected chi connectivity index (χ3v) is 5.34. The summed E-state index contributed by atoms with van der Waals surface area (Å²) in [5, 5.41) is 7.96. The first-order chi connectivity index (χ1) is 16.2. The molecule has 0 bridgehead atoms. The summed E-state index contributed by atoms with van der Waals surface area (Å²) in [6.07, 6.45) is -1.17.